The van der Waals surface area contributed by atoms with Crippen LogP contribution in [0, 0.1) is 5.92 Å². The minimum absolute atomic E-state index is 0.116. The Balaban J connectivity index is 5.21. The minimum atomic E-state index is -3.65. The Kier molecular flexibility index (Phi) is 10.3. The predicted molar refractivity (Wildman–Crippen MR) is 81.7 cm³/mol. The van der Waals surface area contributed by atoms with Gasteiger partial charge in [-0.3, -0.25) is 14.2 Å². The van der Waals surface area contributed by atoms with Crippen molar-refractivity contribution < 1.29 is 32.7 Å². The fourth-order valence-corrected chi connectivity index (χ4v) is 4.11. The van der Waals surface area contributed by atoms with Crippen LogP contribution in [-0.4, -0.2) is 44.5 Å². The summed E-state index contributed by atoms with van der Waals surface area (Å²) in [5.41, 5.74) is -1.05. The van der Waals surface area contributed by atoms with Gasteiger partial charge in [-0.15, -0.1) is 0 Å². The van der Waals surface area contributed by atoms with Crippen LogP contribution in [0.1, 0.15) is 40.5 Å². The molecule has 0 aromatic heterocycles. The summed E-state index contributed by atoms with van der Waals surface area (Å²) in [5.74, 6) is -1.25. The van der Waals surface area contributed by atoms with Crippen molar-refractivity contribution in [2.45, 2.75) is 46.2 Å². The Hall–Kier alpha value is -0.910. The predicted octanol–water partition coefficient (Wildman–Crippen LogP) is 2.77. The first-order valence-electron chi connectivity index (χ1n) is 7.46. The number of carbonyl (C=O) groups is 2. The highest BCUT2D eigenvalue weighted by atomic mass is 31.2. The Bertz CT molecular complexity index is 387. The van der Waals surface area contributed by atoms with Crippen LogP contribution in [0.25, 0.3) is 0 Å². The molecule has 0 aliphatic rings. The first kappa shape index (κ1) is 21.1. The van der Waals surface area contributed by atoms with Crippen LogP contribution < -0.4 is 0 Å². The van der Waals surface area contributed by atoms with Crippen molar-refractivity contribution in [3.8, 4) is 0 Å². The van der Waals surface area contributed by atoms with E-state index in [1.165, 1.54) is 7.11 Å². The third-order valence-corrected chi connectivity index (χ3v) is 5.35. The van der Waals surface area contributed by atoms with Crippen LogP contribution in [0.2, 0.25) is 0 Å². The molecule has 0 bridgehead atoms. The van der Waals surface area contributed by atoms with Crippen molar-refractivity contribution in [3.05, 3.63) is 0 Å². The monoisotopic (exact) mass is 338 g/mol. The van der Waals surface area contributed by atoms with Gasteiger partial charge in [0, 0.05) is 6.42 Å². The molecule has 0 saturated heterocycles. The van der Waals surface area contributed by atoms with E-state index in [-0.39, 0.29) is 38.6 Å². The van der Waals surface area contributed by atoms with Crippen LogP contribution >= 0.6 is 7.60 Å². The third-order valence-electron chi connectivity index (χ3n) is 2.93. The Labute approximate surface area is 132 Å². The van der Waals surface area contributed by atoms with Gasteiger partial charge in [0.2, 0.25) is 0 Å². The first-order chi connectivity index (χ1) is 10.3. The maximum atomic E-state index is 12.9. The average Bonchev–Trinajstić information content (AvgIpc) is 2.45. The number of rotatable bonds is 11. The lowest BCUT2D eigenvalue weighted by molar-refractivity contribution is -0.145. The number of esters is 2. The molecular weight excluding hydrogens is 311 g/mol. The van der Waals surface area contributed by atoms with E-state index < -0.39 is 25.2 Å². The van der Waals surface area contributed by atoms with Gasteiger partial charge in [0.1, 0.15) is 0 Å². The van der Waals surface area contributed by atoms with Crippen molar-refractivity contribution in [1.29, 1.82) is 0 Å². The minimum Gasteiger partial charge on any atom is -0.469 e. The molecule has 0 saturated carbocycles. The first-order valence-corrected chi connectivity index (χ1v) is 9.07. The molecule has 0 fully saturated rings. The molecule has 0 aliphatic carbocycles. The SMILES string of the molecule is CCOC(=O)C(CC(C)CC(=O)OC)P(=O)(OCC)OCC. The fourth-order valence-electron chi connectivity index (χ4n) is 2.00. The van der Waals surface area contributed by atoms with E-state index in [0.29, 0.717) is 0 Å². The fraction of sp³-hybridized carbons (Fsp3) is 0.857. The van der Waals surface area contributed by atoms with Crippen LogP contribution in [0.5, 0.6) is 0 Å². The molecule has 0 rings (SSSR count). The van der Waals surface area contributed by atoms with Gasteiger partial charge in [0.25, 0.3) is 0 Å². The van der Waals surface area contributed by atoms with Gasteiger partial charge in [-0.25, -0.2) is 0 Å². The number of hydrogen-bond donors (Lipinski definition) is 0. The number of carbonyl (C=O) groups excluding carboxylic acids is 2. The van der Waals surface area contributed by atoms with Gasteiger partial charge in [-0.1, -0.05) is 6.92 Å². The van der Waals surface area contributed by atoms with Crippen molar-refractivity contribution in [1.82, 2.24) is 0 Å². The van der Waals surface area contributed by atoms with Gasteiger partial charge in [0.05, 0.1) is 26.9 Å². The zero-order valence-corrected chi connectivity index (χ0v) is 14.9. The molecule has 0 aliphatic heterocycles. The quantitative estimate of drug-likeness (QED) is 0.423. The molecule has 22 heavy (non-hydrogen) atoms. The van der Waals surface area contributed by atoms with E-state index in [1.807, 2.05) is 0 Å². The summed E-state index contributed by atoms with van der Waals surface area (Å²) in [4.78, 5) is 23.5. The molecule has 0 spiro atoms. The topological polar surface area (TPSA) is 88.1 Å². The normalized spacial score (nSPS) is 14.2. The lowest BCUT2D eigenvalue weighted by atomic mass is 10.0. The number of hydrogen-bond acceptors (Lipinski definition) is 7. The Morgan fingerprint density at radius 3 is 2.00 bits per heavy atom. The summed E-state index contributed by atoms with van der Waals surface area (Å²) in [6.45, 7) is 7.25. The maximum Gasteiger partial charge on any atom is 0.344 e. The third kappa shape index (κ3) is 6.90. The molecule has 0 heterocycles. The van der Waals surface area contributed by atoms with Gasteiger partial charge < -0.3 is 18.5 Å². The molecular formula is C14H27O7P. The van der Waals surface area contributed by atoms with E-state index in [4.69, 9.17) is 13.8 Å². The van der Waals surface area contributed by atoms with E-state index >= 15 is 0 Å². The number of methoxy groups -OCH3 is 1. The second-order valence-electron chi connectivity index (χ2n) is 4.76. The molecule has 0 aromatic rings. The molecule has 8 heteroatoms. The Morgan fingerprint density at radius 1 is 1.05 bits per heavy atom. The van der Waals surface area contributed by atoms with Crippen LogP contribution in [0.4, 0.5) is 0 Å². The van der Waals surface area contributed by atoms with Crippen molar-refractivity contribution in [3.63, 3.8) is 0 Å². The van der Waals surface area contributed by atoms with Gasteiger partial charge >= 0.3 is 19.5 Å². The average molecular weight is 338 g/mol. The summed E-state index contributed by atoms with van der Waals surface area (Å²) >= 11 is 0. The van der Waals surface area contributed by atoms with E-state index in [0.717, 1.165) is 0 Å². The summed E-state index contributed by atoms with van der Waals surface area (Å²) in [6, 6.07) is 0. The van der Waals surface area contributed by atoms with E-state index in [1.54, 1.807) is 27.7 Å². The zero-order valence-electron chi connectivity index (χ0n) is 14.0. The number of ether oxygens (including phenoxy) is 2. The van der Waals surface area contributed by atoms with Crippen LogP contribution in [0.3, 0.4) is 0 Å². The maximum absolute atomic E-state index is 12.9. The highest BCUT2D eigenvalue weighted by Crippen LogP contribution is 2.55. The van der Waals surface area contributed by atoms with Crippen molar-refractivity contribution in [2.75, 3.05) is 26.9 Å². The lowest BCUT2D eigenvalue weighted by Crippen LogP contribution is -2.28. The van der Waals surface area contributed by atoms with Gasteiger partial charge in [0.15, 0.2) is 5.66 Å². The van der Waals surface area contributed by atoms with Crippen molar-refractivity contribution >= 4 is 19.5 Å². The second-order valence-corrected chi connectivity index (χ2v) is 6.98. The molecule has 0 N–H and O–H groups in total. The molecule has 0 aromatic carbocycles. The van der Waals surface area contributed by atoms with E-state index in [2.05, 4.69) is 4.74 Å². The summed E-state index contributed by atoms with van der Waals surface area (Å²) in [6.07, 6.45) is 0.274. The summed E-state index contributed by atoms with van der Waals surface area (Å²) in [7, 11) is -2.35. The standard InChI is InChI=1S/C14H27O7P/c1-6-19-14(16)12(9-11(4)10-13(15)18-5)22(17,20-7-2)21-8-3/h11-12H,6-10H2,1-5H3. The van der Waals surface area contributed by atoms with Crippen LogP contribution in [-0.2, 0) is 32.7 Å². The molecule has 2 unspecified atom stereocenters. The lowest BCUT2D eigenvalue weighted by Gasteiger charge is -2.26. The van der Waals surface area contributed by atoms with E-state index in [9.17, 15) is 14.2 Å². The highest BCUT2D eigenvalue weighted by molar-refractivity contribution is 7.55. The summed E-state index contributed by atoms with van der Waals surface area (Å²) in [5, 5.41) is 0. The highest BCUT2D eigenvalue weighted by Gasteiger charge is 2.43. The molecule has 0 radical (unpaired) electrons. The molecule has 0 amide bonds. The molecule has 130 valence electrons. The Morgan fingerprint density at radius 2 is 1.59 bits per heavy atom. The zero-order chi connectivity index (χ0) is 17.2. The summed E-state index contributed by atoms with van der Waals surface area (Å²) < 4.78 is 32.9. The van der Waals surface area contributed by atoms with Gasteiger partial charge in [-0.2, -0.15) is 0 Å². The molecule has 2 atom stereocenters. The van der Waals surface area contributed by atoms with Crippen LogP contribution in [0.15, 0.2) is 0 Å². The van der Waals surface area contributed by atoms with Gasteiger partial charge in [-0.05, 0) is 33.1 Å². The van der Waals surface area contributed by atoms with Crippen molar-refractivity contribution in [2.24, 2.45) is 5.92 Å². The smallest absolute Gasteiger partial charge is 0.344 e. The second kappa shape index (κ2) is 10.8. The largest absolute Gasteiger partial charge is 0.469 e. The molecule has 7 nitrogen and oxygen atoms in total.